The van der Waals surface area contributed by atoms with E-state index in [-0.39, 0.29) is 25.2 Å². The van der Waals surface area contributed by atoms with Crippen LogP contribution in [-0.4, -0.2) is 52.9 Å². The molecule has 0 saturated heterocycles. The minimum absolute atomic E-state index is 0.117. The number of aryl methyl sites for hydroxylation is 1. The number of urea groups is 1. The fourth-order valence-corrected chi connectivity index (χ4v) is 2.21. The van der Waals surface area contributed by atoms with Gasteiger partial charge in [-0.05, 0) is 31.9 Å². The maximum absolute atomic E-state index is 12.6. The van der Waals surface area contributed by atoms with Crippen molar-refractivity contribution in [3.8, 4) is 0 Å². The van der Waals surface area contributed by atoms with Gasteiger partial charge in [0.15, 0.2) is 0 Å². The van der Waals surface area contributed by atoms with Crippen LogP contribution in [0.2, 0.25) is 0 Å². The highest BCUT2D eigenvalue weighted by atomic mass is 16.4. The topological polar surface area (TPSA) is 81.1 Å². The molecule has 0 unspecified atom stereocenters. The molecule has 1 fully saturated rings. The number of aliphatic hydroxyl groups is 1. The van der Waals surface area contributed by atoms with Gasteiger partial charge in [-0.15, -0.1) is 0 Å². The number of aliphatic hydroxyl groups excluding tert-OH is 1. The summed E-state index contributed by atoms with van der Waals surface area (Å²) < 4.78 is 0. The average Bonchev–Trinajstić information content (AvgIpc) is 3.27. The highest BCUT2D eigenvalue weighted by molar-refractivity contribution is 5.96. The van der Waals surface area contributed by atoms with Crippen LogP contribution >= 0.6 is 0 Å². The van der Waals surface area contributed by atoms with Gasteiger partial charge >= 0.3 is 12.0 Å². The van der Waals surface area contributed by atoms with Gasteiger partial charge in [-0.3, -0.25) is 9.69 Å². The zero-order chi connectivity index (χ0) is 15.4. The third kappa shape index (κ3) is 3.95. The molecule has 0 spiro atoms. The molecular weight excluding hydrogens is 272 g/mol. The molecule has 1 aliphatic carbocycles. The lowest BCUT2D eigenvalue weighted by Crippen LogP contribution is -2.47. The highest BCUT2D eigenvalue weighted by Crippen LogP contribution is 2.28. The van der Waals surface area contributed by atoms with Gasteiger partial charge in [0, 0.05) is 18.3 Å². The molecule has 2 rings (SSSR count). The lowest BCUT2D eigenvalue weighted by atomic mass is 10.2. The van der Waals surface area contributed by atoms with Gasteiger partial charge in [0.25, 0.3) is 0 Å². The molecule has 0 atom stereocenters. The van der Waals surface area contributed by atoms with Gasteiger partial charge in [-0.1, -0.05) is 17.7 Å². The quantitative estimate of drug-likeness (QED) is 0.832. The summed E-state index contributed by atoms with van der Waals surface area (Å²) in [7, 11) is 0. The minimum Gasteiger partial charge on any atom is -0.480 e. The van der Waals surface area contributed by atoms with Crippen molar-refractivity contribution in [2.75, 3.05) is 24.6 Å². The summed E-state index contributed by atoms with van der Waals surface area (Å²) in [5.41, 5.74) is 1.59. The first-order valence-electron chi connectivity index (χ1n) is 7.00. The van der Waals surface area contributed by atoms with Crippen LogP contribution in [-0.2, 0) is 4.79 Å². The minimum atomic E-state index is -1.07. The number of carboxylic acids is 1. The molecule has 114 valence electrons. The largest absolute Gasteiger partial charge is 0.480 e. The van der Waals surface area contributed by atoms with Crippen LogP contribution in [0.1, 0.15) is 18.4 Å². The molecule has 1 aromatic rings. The molecule has 0 radical (unpaired) electrons. The van der Waals surface area contributed by atoms with E-state index < -0.39 is 12.5 Å². The van der Waals surface area contributed by atoms with E-state index in [0.29, 0.717) is 5.69 Å². The molecule has 2 N–H and O–H groups in total. The number of amides is 2. The van der Waals surface area contributed by atoms with Crippen molar-refractivity contribution in [3.63, 3.8) is 0 Å². The lowest BCUT2D eigenvalue weighted by molar-refractivity contribution is -0.135. The van der Waals surface area contributed by atoms with Crippen molar-refractivity contribution in [3.05, 3.63) is 29.8 Å². The summed E-state index contributed by atoms with van der Waals surface area (Å²) in [5.74, 6) is -1.07. The molecule has 6 heteroatoms. The van der Waals surface area contributed by atoms with E-state index in [2.05, 4.69) is 0 Å². The maximum atomic E-state index is 12.6. The van der Waals surface area contributed by atoms with Crippen LogP contribution in [0.5, 0.6) is 0 Å². The Balaban J connectivity index is 2.23. The van der Waals surface area contributed by atoms with Gasteiger partial charge in [-0.2, -0.15) is 0 Å². The Labute approximate surface area is 123 Å². The molecule has 6 nitrogen and oxygen atoms in total. The van der Waals surface area contributed by atoms with E-state index in [9.17, 15) is 9.59 Å². The SMILES string of the molecule is Cc1ccc(N(CC(=O)O)C(=O)N(CCO)C2CC2)cc1. The third-order valence-corrected chi connectivity index (χ3v) is 3.44. The van der Waals surface area contributed by atoms with Crippen molar-refractivity contribution in [1.29, 1.82) is 0 Å². The van der Waals surface area contributed by atoms with Crippen LogP contribution in [0.4, 0.5) is 10.5 Å². The van der Waals surface area contributed by atoms with E-state index in [1.807, 2.05) is 19.1 Å². The van der Waals surface area contributed by atoms with Gasteiger partial charge < -0.3 is 15.1 Å². The molecule has 1 saturated carbocycles. The molecule has 1 aliphatic rings. The summed E-state index contributed by atoms with van der Waals surface area (Å²) in [5, 5.41) is 18.2. The number of carbonyl (C=O) groups excluding carboxylic acids is 1. The van der Waals surface area contributed by atoms with Gasteiger partial charge in [0.05, 0.1) is 6.61 Å². The zero-order valence-corrected chi connectivity index (χ0v) is 12.0. The second-order valence-electron chi connectivity index (χ2n) is 5.25. The van der Waals surface area contributed by atoms with Crippen LogP contribution in [0, 0.1) is 6.92 Å². The number of carboxylic acid groups (broad SMARTS) is 1. The number of hydrogen-bond acceptors (Lipinski definition) is 3. The predicted octanol–water partition coefficient (Wildman–Crippen LogP) is 1.46. The predicted molar refractivity (Wildman–Crippen MR) is 78.4 cm³/mol. The van der Waals surface area contributed by atoms with Crippen molar-refractivity contribution in [2.45, 2.75) is 25.8 Å². The Morgan fingerprint density at radius 1 is 1.24 bits per heavy atom. The summed E-state index contributed by atoms with van der Waals surface area (Å²) in [6, 6.07) is 6.90. The molecule has 21 heavy (non-hydrogen) atoms. The fraction of sp³-hybridized carbons (Fsp3) is 0.467. The molecule has 2 amide bonds. The monoisotopic (exact) mass is 292 g/mol. The number of hydrogen-bond donors (Lipinski definition) is 2. The highest BCUT2D eigenvalue weighted by Gasteiger charge is 2.35. The molecule has 0 aromatic heterocycles. The third-order valence-electron chi connectivity index (χ3n) is 3.44. The standard InChI is InChI=1S/C15H20N2O4/c1-11-2-4-13(5-3-11)17(10-14(19)20)15(21)16(8-9-18)12-6-7-12/h2-5,12,18H,6-10H2,1H3,(H,19,20). The Kier molecular flexibility index (Phi) is 4.80. The molecule has 0 bridgehead atoms. The normalized spacial score (nSPS) is 13.8. The number of aliphatic carboxylic acids is 1. The van der Waals surface area contributed by atoms with Crippen LogP contribution in [0.3, 0.4) is 0 Å². The Hall–Kier alpha value is -2.08. The molecular formula is C15H20N2O4. The second kappa shape index (κ2) is 6.58. The smallest absolute Gasteiger partial charge is 0.325 e. The molecule has 0 heterocycles. The van der Waals surface area contributed by atoms with Crippen LogP contribution < -0.4 is 4.90 Å². The molecule has 0 aliphatic heterocycles. The summed E-state index contributed by atoms with van der Waals surface area (Å²) in [4.78, 5) is 26.5. The number of rotatable bonds is 6. The maximum Gasteiger partial charge on any atom is 0.325 e. The first kappa shape index (κ1) is 15.3. The van der Waals surface area contributed by atoms with Crippen molar-refractivity contribution in [2.24, 2.45) is 0 Å². The van der Waals surface area contributed by atoms with Crippen LogP contribution in [0.25, 0.3) is 0 Å². The Morgan fingerprint density at radius 2 is 1.86 bits per heavy atom. The fourth-order valence-electron chi connectivity index (χ4n) is 2.21. The molecule has 1 aromatic carbocycles. The van der Waals surface area contributed by atoms with Crippen molar-refractivity contribution in [1.82, 2.24) is 4.90 Å². The lowest BCUT2D eigenvalue weighted by Gasteiger charge is -2.29. The van der Waals surface area contributed by atoms with E-state index in [4.69, 9.17) is 10.2 Å². The average molecular weight is 292 g/mol. The number of anilines is 1. The first-order chi connectivity index (χ1) is 10.0. The van der Waals surface area contributed by atoms with E-state index in [1.54, 1.807) is 17.0 Å². The van der Waals surface area contributed by atoms with E-state index >= 15 is 0 Å². The second-order valence-corrected chi connectivity index (χ2v) is 5.25. The van der Waals surface area contributed by atoms with Crippen molar-refractivity contribution < 1.29 is 19.8 Å². The van der Waals surface area contributed by atoms with Gasteiger partial charge in [0.1, 0.15) is 6.54 Å². The van der Waals surface area contributed by atoms with E-state index in [0.717, 1.165) is 18.4 Å². The number of carbonyl (C=O) groups is 2. The number of nitrogens with zero attached hydrogens (tertiary/aromatic N) is 2. The first-order valence-corrected chi connectivity index (χ1v) is 7.00. The number of benzene rings is 1. The summed E-state index contributed by atoms with van der Waals surface area (Å²) >= 11 is 0. The summed E-state index contributed by atoms with van der Waals surface area (Å²) in [6.07, 6.45) is 1.81. The van der Waals surface area contributed by atoms with Gasteiger partial charge in [-0.25, -0.2) is 4.79 Å². The Morgan fingerprint density at radius 3 is 2.33 bits per heavy atom. The van der Waals surface area contributed by atoms with Gasteiger partial charge in [0.2, 0.25) is 0 Å². The summed E-state index contributed by atoms with van der Waals surface area (Å²) in [6.45, 7) is 1.63. The van der Waals surface area contributed by atoms with E-state index in [1.165, 1.54) is 4.90 Å². The van der Waals surface area contributed by atoms with Crippen LogP contribution in [0.15, 0.2) is 24.3 Å². The Bertz CT molecular complexity index is 511. The zero-order valence-electron chi connectivity index (χ0n) is 12.0. The van der Waals surface area contributed by atoms with Crippen molar-refractivity contribution >= 4 is 17.7 Å².